The van der Waals surface area contributed by atoms with Crippen LogP contribution in [0.2, 0.25) is 0 Å². The van der Waals surface area contributed by atoms with E-state index in [9.17, 15) is 0 Å². The average Bonchev–Trinajstić information content (AvgIpc) is 3.26. The first kappa shape index (κ1) is 17.8. The number of ether oxygens (including phenoxy) is 1. The van der Waals surface area contributed by atoms with E-state index in [4.69, 9.17) is 4.74 Å². The molecule has 1 aromatic heterocycles. The Bertz CT molecular complexity index is 1030. The summed E-state index contributed by atoms with van der Waals surface area (Å²) in [6.45, 7) is 3.04. The van der Waals surface area contributed by atoms with Crippen LogP contribution in [0.5, 0.6) is 5.75 Å². The summed E-state index contributed by atoms with van der Waals surface area (Å²) in [4.78, 5) is 1.23. The third-order valence-corrected chi connectivity index (χ3v) is 5.86. The Hall–Kier alpha value is -2.62. The number of nitrogens with one attached hydrogen (secondary N) is 1. The van der Waals surface area contributed by atoms with Gasteiger partial charge in [0.15, 0.2) is 0 Å². The van der Waals surface area contributed by atoms with Crippen molar-refractivity contribution in [3.63, 3.8) is 0 Å². The summed E-state index contributed by atoms with van der Waals surface area (Å²) < 4.78 is 5.55. The van der Waals surface area contributed by atoms with Crippen LogP contribution in [0.25, 0.3) is 21.2 Å². The minimum atomic E-state index is 0.267. The third kappa shape index (κ3) is 3.75. The maximum absolute atomic E-state index is 5.55. The van der Waals surface area contributed by atoms with Gasteiger partial charge in [-0.2, -0.15) is 0 Å². The van der Waals surface area contributed by atoms with Gasteiger partial charge in [-0.05, 0) is 52.4 Å². The molecule has 0 aliphatic carbocycles. The summed E-state index contributed by atoms with van der Waals surface area (Å²) in [5, 5.41) is 8.38. The van der Waals surface area contributed by atoms with Crippen LogP contribution in [0.15, 0.2) is 78.2 Å². The summed E-state index contributed by atoms with van der Waals surface area (Å²) >= 11 is 1.74. The van der Waals surface area contributed by atoms with Crippen LogP contribution in [0.4, 0.5) is 0 Å². The number of hydrogen-bond acceptors (Lipinski definition) is 3. The predicted molar refractivity (Wildman–Crippen MR) is 116 cm³/mol. The minimum absolute atomic E-state index is 0.267. The first-order chi connectivity index (χ1) is 13.3. The standard InChI is InChI=1S/C24H23NOS/c1-17(20-10-5-8-19-7-3-4-9-21(19)20)25-16-18-12-13-23(26-2)22(15-18)24-11-6-14-27-24/h3-15,17,25H,16H2,1-2H3. The number of benzene rings is 3. The zero-order valence-corrected chi connectivity index (χ0v) is 16.4. The molecule has 27 heavy (non-hydrogen) atoms. The fourth-order valence-corrected chi connectivity index (χ4v) is 4.25. The Morgan fingerprint density at radius 3 is 2.63 bits per heavy atom. The molecule has 0 spiro atoms. The van der Waals surface area contributed by atoms with Gasteiger partial charge in [0.25, 0.3) is 0 Å². The van der Waals surface area contributed by atoms with Crippen LogP contribution in [0.3, 0.4) is 0 Å². The van der Waals surface area contributed by atoms with Crippen molar-refractivity contribution in [2.45, 2.75) is 19.5 Å². The van der Waals surface area contributed by atoms with E-state index in [2.05, 4.69) is 90.4 Å². The average molecular weight is 374 g/mol. The molecule has 2 nitrogen and oxygen atoms in total. The molecule has 1 N–H and O–H groups in total. The van der Waals surface area contributed by atoms with Gasteiger partial charge in [0, 0.05) is 23.0 Å². The van der Waals surface area contributed by atoms with Crippen LogP contribution in [0, 0.1) is 0 Å². The summed E-state index contributed by atoms with van der Waals surface area (Å²) in [5.74, 6) is 0.920. The number of hydrogen-bond donors (Lipinski definition) is 1. The van der Waals surface area contributed by atoms with E-state index >= 15 is 0 Å². The van der Waals surface area contributed by atoms with E-state index < -0.39 is 0 Å². The molecule has 0 aliphatic heterocycles. The summed E-state index contributed by atoms with van der Waals surface area (Å²) in [6.07, 6.45) is 0. The van der Waals surface area contributed by atoms with Gasteiger partial charge in [0.05, 0.1) is 7.11 Å². The molecule has 4 aromatic rings. The molecule has 0 saturated carbocycles. The Balaban J connectivity index is 1.55. The molecule has 1 unspecified atom stereocenters. The Labute approximate surface area is 164 Å². The molecule has 3 aromatic carbocycles. The molecular weight excluding hydrogens is 350 g/mol. The topological polar surface area (TPSA) is 21.3 Å². The summed E-state index contributed by atoms with van der Waals surface area (Å²) in [7, 11) is 1.73. The lowest BCUT2D eigenvalue weighted by atomic mass is 9.99. The molecule has 0 aliphatic rings. The van der Waals surface area contributed by atoms with Crippen molar-refractivity contribution in [2.24, 2.45) is 0 Å². The van der Waals surface area contributed by atoms with Crippen molar-refractivity contribution in [3.05, 3.63) is 89.3 Å². The molecule has 0 fully saturated rings. The van der Waals surface area contributed by atoms with Crippen LogP contribution >= 0.6 is 11.3 Å². The molecule has 0 saturated heterocycles. The number of thiophene rings is 1. The van der Waals surface area contributed by atoms with Gasteiger partial charge in [-0.1, -0.05) is 54.6 Å². The minimum Gasteiger partial charge on any atom is -0.496 e. The third-order valence-electron chi connectivity index (χ3n) is 4.95. The van der Waals surface area contributed by atoms with E-state index in [1.807, 2.05) is 0 Å². The highest BCUT2D eigenvalue weighted by molar-refractivity contribution is 7.13. The van der Waals surface area contributed by atoms with Crippen LogP contribution in [-0.2, 0) is 6.54 Å². The van der Waals surface area contributed by atoms with Gasteiger partial charge in [0.2, 0.25) is 0 Å². The van der Waals surface area contributed by atoms with Gasteiger partial charge in [0.1, 0.15) is 5.75 Å². The highest BCUT2D eigenvalue weighted by Crippen LogP contribution is 2.34. The molecule has 1 heterocycles. The first-order valence-electron chi connectivity index (χ1n) is 9.18. The second kappa shape index (κ2) is 7.95. The zero-order chi connectivity index (χ0) is 18.6. The van der Waals surface area contributed by atoms with Crippen molar-refractivity contribution < 1.29 is 4.74 Å². The highest BCUT2D eigenvalue weighted by Gasteiger charge is 2.11. The number of methoxy groups -OCH3 is 1. The lowest BCUT2D eigenvalue weighted by molar-refractivity contribution is 0.416. The Kier molecular flexibility index (Phi) is 5.23. The quantitative estimate of drug-likeness (QED) is 0.420. The maximum atomic E-state index is 5.55. The van der Waals surface area contributed by atoms with E-state index in [1.54, 1.807) is 18.4 Å². The summed E-state index contributed by atoms with van der Waals surface area (Å²) in [5.41, 5.74) is 3.75. The zero-order valence-electron chi connectivity index (χ0n) is 15.6. The first-order valence-corrected chi connectivity index (χ1v) is 10.1. The van der Waals surface area contributed by atoms with Crippen molar-refractivity contribution >= 4 is 22.1 Å². The van der Waals surface area contributed by atoms with Gasteiger partial charge in [-0.3, -0.25) is 0 Å². The highest BCUT2D eigenvalue weighted by atomic mass is 32.1. The van der Waals surface area contributed by atoms with Crippen molar-refractivity contribution in [1.82, 2.24) is 5.32 Å². The molecule has 0 amide bonds. The van der Waals surface area contributed by atoms with Crippen LogP contribution in [-0.4, -0.2) is 7.11 Å². The Morgan fingerprint density at radius 2 is 1.81 bits per heavy atom. The van der Waals surface area contributed by atoms with Crippen LogP contribution in [0.1, 0.15) is 24.1 Å². The van der Waals surface area contributed by atoms with Crippen LogP contribution < -0.4 is 10.1 Å². The largest absolute Gasteiger partial charge is 0.496 e. The van der Waals surface area contributed by atoms with Gasteiger partial charge in [-0.15, -0.1) is 11.3 Å². The SMILES string of the molecule is COc1ccc(CNC(C)c2cccc3ccccc23)cc1-c1cccs1. The fraction of sp³-hybridized carbons (Fsp3) is 0.167. The predicted octanol–water partition coefficient (Wildman–Crippen LogP) is 6.43. The number of rotatable bonds is 6. The second-order valence-electron chi connectivity index (χ2n) is 6.68. The number of fused-ring (bicyclic) bond motifs is 1. The molecule has 4 rings (SSSR count). The lowest BCUT2D eigenvalue weighted by Gasteiger charge is -2.17. The molecular formula is C24H23NOS. The molecule has 3 heteroatoms. The molecule has 0 radical (unpaired) electrons. The van der Waals surface area contributed by atoms with Crippen molar-refractivity contribution in [2.75, 3.05) is 7.11 Å². The molecule has 136 valence electrons. The second-order valence-corrected chi connectivity index (χ2v) is 7.63. The van der Waals surface area contributed by atoms with E-state index in [1.165, 1.54) is 26.8 Å². The van der Waals surface area contributed by atoms with Crippen molar-refractivity contribution in [3.8, 4) is 16.2 Å². The van der Waals surface area contributed by atoms with Gasteiger partial charge < -0.3 is 10.1 Å². The van der Waals surface area contributed by atoms with E-state index in [0.717, 1.165) is 17.9 Å². The Morgan fingerprint density at radius 1 is 0.963 bits per heavy atom. The smallest absolute Gasteiger partial charge is 0.127 e. The maximum Gasteiger partial charge on any atom is 0.127 e. The van der Waals surface area contributed by atoms with E-state index in [0.29, 0.717) is 0 Å². The fourth-order valence-electron chi connectivity index (χ4n) is 3.50. The normalized spacial score (nSPS) is 12.2. The summed E-state index contributed by atoms with van der Waals surface area (Å²) in [6, 6.07) is 26.0. The molecule has 1 atom stereocenters. The monoisotopic (exact) mass is 373 g/mol. The van der Waals surface area contributed by atoms with Crippen molar-refractivity contribution in [1.29, 1.82) is 0 Å². The molecule has 0 bridgehead atoms. The van der Waals surface area contributed by atoms with E-state index in [-0.39, 0.29) is 6.04 Å². The van der Waals surface area contributed by atoms with Gasteiger partial charge in [-0.25, -0.2) is 0 Å². The lowest BCUT2D eigenvalue weighted by Crippen LogP contribution is -2.18. The van der Waals surface area contributed by atoms with Gasteiger partial charge >= 0.3 is 0 Å².